The predicted octanol–water partition coefficient (Wildman–Crippen LogP) is 2.61. The average molecular weight is 401 g/mol. The Morgan fingerprint density at radius 2 is 2.18 bits per heavy atom. The van der Waals surface area contributed by atoms with Gasteiger partial charge in [0.15, 0.2) is 5.13 Å². The fourth-order valence-electron chi connectivity index (χ4n) is 3.53. The number of benzene rings is 1. The third kappa shape index (κ3) is 4.24. The van der Waals surface area contributed by atoms with Crippen molar-refractivity contribution in [2.75, 3.05) is 25.6 Å². The van der Waals surface area contributed by atoms with Gasteiger partial charge in [-0.25, -0.2) is 9.78 Å². The van der Waals surface area contributed by atoms with E-state index in [1.165, 1.54) is 12.0 Å². The largest absolute Gasteiger partial charge is 0.465 e. The molecule has 0 saturated carbocycles. The number of fused-ring (bicyclic) bond motifs is 1. The third-order valence-electron chi connectivity index (χ3n) is 5.04. The van der Waals surface area contributed by atoms with Crippen LogP contribution in [-0.2, 0) is 33.8 Å². The Morgan fingerprint density at radius 1 is 1.36 bits per heavy atom. The second-order valence-electron chi connectivity index (χ2n) is 7.03. The van der Waals surface area contributed by atoms with Crippen LogP contribution in [0.5, 0.6) is 0 Å². The van der Waals surface area contributed by atoms with Gasteiger partial charge in [0.25, 0.3) is 5.91 Å². The van der Waals surface area contributed by atoms with E-state index >= 15 is 0 Å². The molecule has 28 heavy (non-hydrogen) atoms. The molecule has 1 atom stereocenters. The van der Waals surface area contributed by atoms with E-state index in [-0.39, 0.29) is 18.0 Å². The minimum absolute atomic E-state index is 0.0915. The number of rotatable bonds is 5. The molecule has 1 fully saturated rings. The third-order valence-corrected chi connectivity index (χ3v) is 6.04. The van der Waals surface area contributed by atoms with E-state index in [2.05, 4.69) is 15.2 Å². The highest BCUT2D eigenvalue weighted by Crippen LogP contribution is 2.29. The highest BCUT2D eigenvalue weighted by Gasteiger charge is 2.26. The summed E-state index contributed by atoms with van der Waals surface area (Å²) in [6, 6.07) is 7.51. The highest BCUT2D eigenvalue weighted by atomic mass is 32.1. The molecule has 3 heterocycles. The van der Waals surface area contributed by atoms with Crippen molar-refractivity contribution >= 4 is 28.3 Å². The molecule has 2 aromatic rings. The lowest BCUT2D eigenvalue weighted by Gasteiger charge is -2.25. The van der Waals surface area contributed by atoms with Crippen molar-refractivity contribution in [1.82, 2.24) is 9.88 Å². The number of hydrogen-bond donors (Lipinski definition) is 1. The molecule has 2 aliphatic heterocycles. The van der Waals surface area contributed by atoms with Gasteiger partial charge in [0, 0.05) is 37.5 Å². The van der Waals surface area contributed by atoms with Gasteiger partial charge in [-0.1, -0.05) is 12.1 Å². The molecule has 1 amide bonds. The summed E-state index contributed by atoms with van der Waals surface area (Å²) in [6.07, 6.45) is 2.23. The highest BCUT2D eigenvalue weighted by molar-refractivity contribution is 7.15. The fourth-order valence-corrected chi connectivity index (χ4v) is 4.58. The Hall–Kier alpha value is -2.29. The van der Waals surface area contributed by atoms with Gasteiger partial charge in [0.1, 0.15) is 6.10 Å². The van der Waals surface area contributed by atoms with E-state index in [1.54, 1.807) is 23.5 Å². The molecule has 4 rings (SSSR count). The second kappa shape index (κ2) is 8.38. The number of nitrogens with one attached hydrogen (secondary N) is 1. The van der Waals surface area contributed by atoms with Crippen LogP contribution in [0.4, 0.5) is 5.13 Å². The van der Waals surface area contributed by atoms with Crippen LogP contribution in [0.25, 0.3) is 0 Å². The smallest absolute Gasteiger partial charge is 0.337 e. The number of carbonyl (C=O) groups excluding carboxylic acids is 2. The Bertz CT molecular complexity index is 859. The average Bonchev–Trinajstić information content (AvgIpc) is 3.37. The minimum Gasteiger partial charge on any atom is -0.465 e. The molecule has 0 radical (unpaired) electrons. The maximum Gasteiger partial charge on any atom is 0.337 e. The Balaban J connectivity index is 1.36. The maximum atomic E-state index is 12.2. The summed E-state index contributed by atoms with van der Waals surface area (Å²) in [7, 11) is 1.38. The van der Waals surface area contributed by atoms with Crippen molar-refractivity contribution in [2.24, 2.45) is 0 Å². The second-order valence-corrected chi connectivity index (χ2v) is 8.11. The normalized spacial score (nSPS) is 19.2. The Morgan fingerprint density at radius 3 is 2.89 bits per heavy atom. The van der Waals surface area contributed by atoms with Crippen LogP contribution in [0.1, 0.15) is 39.3 Å². The van der Waals surface area contributed by atoms with Gasteiger partial charge in [0.05, 0.1) is 18.4 Å². The Labute approximate surface area is 167 Å². The monoisotopic (exact) mass is 401 g/mol. The quantitative estimate of drug-likeness (QED) is 0.776. The number of methoxy groups -OCH3 is 1. The summed E-state index contributed by atoms with van der Waals surface area (Å²) in [5.74, 6) is -0.414. The first-order valence-corrected chi connectivity index (χ1v) is 10.2. The van der Waals surface area contributed by atoms with Crippen LogP contribution in [0.3, 0.4) is 0 Å². The van der Waals surface area contributed by atoms with Crippen LogP contribution >= 0.6 is 11.3 Å². The van der Waals surface area contributed by atoms with Gasteiger partial charge in [-0.05, 0) is 30.5 Å². The van der Waals surface area contributed by atoms with Gasteiger partial charge in [-0.3, -0.25) is 15.0 Å². The first-order chi connectivity index (χ1) is 13.6. The molecule has 1 aromatic heterocycles. The molecule has 7 nitrogen and oxygen atoms in total. The number of thiazole rings is 1. The van der Waals surface area contributed by atoms with Crippen LogP contribution < -0.4 is 5.32 Å². The van der Waals surface area contributed by atoms with Crippen molar-refractivity contribution in [2.45, 2.75) is 38.5 Å². The molecule has 1 unspecified atom stereocenters. The van der Waals surface area contributed by atoms with Crippen molar-refractivity contribution in [3.63, 3.8) is 0 Å². The van der Waals surface area contributed by atoms with Gasteiger partial charge in [-0.2, -0.15) is 0 Å². The number of esters is 1. The molecule has 0 aliphatic carbocycles. The molecule has 1 aromatic carbocycles. The number of anilines is 1. The predicted molar refractivity (Wildman–Crippen MR) is 105 cm³/mol. The molecular formula is C20H23N3O4S. The van der Waals surface area contributed by atoms with Crippen LogP contribution in [0, 0.1) is 0 Å². The van der Waals surface area contributed by atoms with Crippen molar-refractivity contribution in [1.29, 1.82) is 0 Å². The summed E-state index contributed by atoms with van der Waals surface area (Å²) >= 11 is 1.54. The van der Waals surface area contributed by atoms with Gasteiger partial charge < -0.3 is 9.47 Å². The number of nitrogens with zero attached hydrogens (tertiary/aromatic N) is 2. The van der Waals surface area contributed by atoms with E-state index in [9.17, 15) is 9.59 Å². The topological polar surface area (TPSA) is 80.8 Å². The fraction of sp³-hybridized carbons (Fsp3) is 0.450. The summed E-state index contributed by atoms with van der Waals surface area (Å²) in [5.41, 5.74) is 2.78. The lowest BCUT2D eigenvalue weighted by molar-refractivity contribution is -0.124. The molecular weight excluding hydrogens is 378 g/mol. The van der Waals surface area contributed by atoms with E-state index in [0.29, 0.717) is 17.3 Å². The van der Waals surface area contributed by atoms with Crippen molar-refractivity contribution in [3.8, 4) is 0 Å². The Kier molecular flexibility index (Phi) is 5.70. The van der Waals surface area contributed by atoms with Crippen molar-refractivity contribution < 1.29 is 19.1 Å². The lowest BCUT2D eigenvalue weighted by atomic mass is 10.1. The molecule has 1 N–H and O–H groups in total. The van der Waals surface area contributed by atoms with Gasteiger partial charge in [-0.15, -0.1) is 11.3 Å². The SMILES string of the molecule is COC(=O)c1ccc(CN2CCc3nc(NC(=O)C4CCCO4)sc3C2)cc1. The van der Waals surface area contributed by atoms with E-state index in [1.807, 2.05) is 12.1 Å². The van der Waals surface area contributed by atoms with Crippen LogP contribution in [0.15, 0.2) is 24.3 Å². The molecule has 8 heteroatoms. The zero-order valence-electron chi connectivity index (χ0n) is 15.8. The number of hydrogen-bond acceptors (Lipinski definition) is 7. The summed E-state index contributed by atoms with van der Waals surface area (Å²) < 4.78 is 10.2. The standard InChI is InChI=1S/C20H23N3O4S/c1-26-19(25)14-6-4-13(5-7-14)11-23-9-8-15-17(12-23)28-20(21-15)22-18(24)16-3-2-10-27-16/h4-7,16H,2-3,8-12H2,1H3,(H,21,22,24). The van der Waals surface area contributed by atoms with E-state index in [0.717, 1.165) is 50.2 Å². The number of aromatic nitrogens is 1. The lowest BCUT2D eigenvalue weighted by Crippen LogP contribution is -2.29. The van der Waals surface area contributed by atoms with E-state index < -0.39 is 0 Å². The zero-order chi connectivity index (χ0) is 19.5. The first kappa shape index (κ1) is 19.0. The van der Waals surface area contributed by atoms with Crippen LogP contribution in [0.2, 0.25) is 0 Å². The summed E-state index contributed by atoms with van der Waals surface area (Å²) in [5, 5.41) is 3.57. The summed E-state index contributed by atoms with van der Waals surface area (Å²) in [6.45, 7) is 3.18. The number of amides is 1. The molecule has 1 saturated heterocycles. The minimum atomic E-state index is -0.342. The van der Waals surface area contributed by atoms with E-state index in [4.69, 9.17) is 9.47 Å². The first-order valence-electron chi connectivity index (χ1n) is 9.43. The van der Waals surface area contributed by atoms with Crippen molar-refractivity contribution in [3.05, 3.63) is 46.0 Å². The summed E-state index contributed by atoms with van der Waals surface area (Å²) in [4.78, 5) is 31.9. The molecule has 2 aliphatic rings. The number of carbonyl (C=O) groups is 2. The van der Waals surface area contributed by atoms with Crippen LogP contribution in [-0.4, -0.2) is 48.1 Å². The maximum absolute atomic E-state index is 12.2. The van der Waals surface area contributed by atoms with Gasteiger partial charge in [0.2, 0.25) is 0 Å². The zero-order valence-corrected chi connectivity index (χ0v) is 16.6. The molecule has 148 valence electrons. The molecule has 0 bridgehead atoms. The number of ether oxygens (including phenoxy) is 2. The molecule has 0 spiro atoms. The van der Waals surface area contributed by atoms with Gasteiger partial charge >= 0.3 is 5.97 Å².